The van der Waals surface area contributed by atoms with Gasteiger partial charge in [-0.2, -0.15) is 11.8 Å². The van der Waals surface area contributed by atoms with Gasteiger partial charge in [0.15, 0.2) is 0 Å². The van der Waals surface area contributed by atoms with Crippen molar-refractivity contribution in [1.29, 1.82) is 0 Å². The molecule has 3 heteroatoms. The molecule has 0 radical (unpaired) electrons. The lowest BCUT2D eigenvalue weighted by Crippen LogP contribution is -2.45. The van der Waals surface area contributed by atoms with Crippen molar-refractivity contribution in [3.8, 4) is 0 Å². The van der Waals surface area contributed by atoms with Gasteiger partial charge in [0.25, 0.3) is 0 Å². The van der Waals surface area contributed by atoms with E-state index in [1.165, 1.54) is 43.6 Å². The Labute approximate surface area is 96.5 Å². The van der Waals surface area contributed by atoms with Gasteiger partial charge >= 0.3 is 0 Å². The van der Waals surface area contributed by atoms with Crippen molar-refractivity contribution in [1.82, 2.24) is 5.32 Å². The lowest BCUT2D eigenvalue weighted by molar-refractivity contribution is 0.0791. The molecule has 15 heavy (non-hydrogen) atoms. The quantitative estimate of drug-likeness (QED) is 0.797. The van der Waals surface area contributed by atoms with Crippen molar-refractivity contribution in [2.75, 3.05) is 18.1 Å². The lowest BCUT2D eigenvalue weighted by atomic mass is 10.0. The summed E-state index contributed by atoms with van der Waals surface area (Å²) < 4.78 is 5.86. The van der Waals surface area contributed by atoms with E-state index < -0.39 is 0 Å². The van der Waals surface area contributed by atoms with Gasteiger partial charge in [-0.05, 0) is 43.8 Å². The molecule has 0 amide bonds. The summed E-state index contributed by atoms with van der Waals surface area (Å²) >= 11 is 2.11. The predicted octanol–water partition coefficient (Wildman–Crippen LogP) is 2.04. The Balaban J connectivity index is 1.52. The average Bonchev–Trinajstić information content (AvgIpc) is 3.02. The maximum atomic E-state index is 5.86. The summed E-state index contributed by atoms with van der Waals surface area (Å²) in [5, 5.41) is 3.84. The molecule has 3 unspecified atom stereocenters. The highest BCUT2D eigenvalue weighted by atomic mass is 32.2. The average molecular weight is 227 g/mol. The summed E-state index contributed by atoms with van der Waals surface area (Å²) in [6.45, 7) is 0.985. The Morgan fingerprint density at radius 3 is 2.80 bits per heavy atom. The van der Waals surface area contributed by atoms with E-state index >= 15 is 0 Å². The van der Waals surface area contributed by atoms with E-state index in [9.17, 15) is 0 Å². The van der Waals surface area contributed by atoms with E-state index in [2.05, 4.69) is 17.1 Å². The molecule has 2 saturated heterocycles. The first-order valence-corrected chi connectivity index (χ1v) is 7.54. The number of rotatable bonds is 3. The van der Waals surface area contributed by atoms with Gasteiger partial charge in [-0.3, -0.25) is 0 Å². The van der Waals surface area contributed by atoms with Gasteiger partial charge in [0.05, 0.1) is 6.10 Å². The number of thioether (sulfide) groups is 1. The van der Waals surface area contributed by atoms with Gasteiger partial charge in [-0.15, -0.1) is 0 Å². The fourth-order valence-corrected chi connectivity index (χ4v) is 3.94. The molecule has 0 aromatic rings. The molecule has 0 aromatic carbocycles. The van der Waals surface area contributed by atoms with Crippen LogP contribution < -0.4 is 5.32 Å². The molecule has 2 aliphatic heterocycles. The normalized spacial score (nSPS) is 42.0. The van der Waals surface area contributed by atoms with E-state index in [0.29, 0.717) is 12.1 Å². The van der Waals surface area contributed by atoms with Gasteiger partial charge in [-0.1, -0.05) is 0 Å². The highest BCUT2D eigenvalue weighted by Crippen LogP contribution is 2.39. The third-order valence-corrected chi connectivity index (χ3v) is 5.05. The van der Waals surface area contributed by atoms with Crippen molar-refractivity contribution in [3.05, 3.63) is 0 Å². The Kier molecular flexibility index (Phi) is 3.23. The van der Waals surface area contributed by atoms with Gasteiger partial charge in [0.1, 0.15) is 0 Å². The monoisotopic (exact) mass is 227 g/mol. The molecule has 1 saturated carbocycles. The van der Waals surface area contributed by atoms with Crippen LogP contribution in [0.4, 0.5) is 0 Å². The van der Waals surface area contributed by atoms with Crippen molar-refractivity contribution >= 4 is 11.8 Å². The second-order valence-electron chi connectivity index (χ2n) is 5.15. The minimum absolute atomic E-state index is 0.553. The highest BCUT2D eigenvalue weighted by Gasteiger charge is 2.41. The molecule has 3 atom stereocenters. The molecule has 0 bridgehead atoms. The van der Waals surface area contributed by atoms with Crippen molar-refractivity contribution in [2.45, 2.75) is 50.3 Å². The van der Waals surface area contributed by atoms with E-state index in [4.69, 9.17) is 4.74 Å². The van der Waals surface area contributed by atoms with Crippen LogP contribution in [0.1, 0.15) is 32.1 Å². The Hall–Kier alpha value is 0.270. The standard InChI is InChI=1S/C12H21NOS/c1-2-10(8-15-7-1)13-11-5-6-14-12(11)9-3-4-9/h9-13H,1-8H2. The molecule has 3 fully saturated rings. The summed E-state index contributed by atoms with van der Waals surface area (Å²) in [7, 11) is 0. The molecule has 3 aliphatic rings. The molecule has 1 aliphatic carbocycles. The zero-order valence-electron chi connectivity index (χ0n) is 9.28. The maximum Gasteiger partial charge on any atom is 0.0757 e. The number of hydrogen-bond acceptors (Lipinski definition) is 3. The molecule has 86 valence electrons. The van der Waals surface area contributed by atoms with E-state index in [1.54, 1.807) is 0 Å². The second kappa shape index (κ2) is 4.64. The minimum atomic E-state index is 0.553. The minimum Gasteiger partial charge on any atom is -0.376 e. The lowest BCUT2D eigenvalue weighted by Gasteiger charge is -2.28. The Bertz CT molecular complexity index is 214. The zero-order valence-corrected chi connectivity index (χ0v) is 10.1. The van der Waals surface area contributed by atoms with Crippen LogP contribution in [0, 0.1) is 5.92 Å². The second-order valence-corrected chi connectivity index (χ2v) is 6.30. The molecule has 0 spiro atoms. The third-order valence-electron chi connectivity index (χ3n) is 3.83. The van der Waals surface area contributed by atoms with Crippen molar-refractivity contribution in [3.63, 3.8) is 0 Å². The first kappa shape index (κ1) is 10.4. The van der Waals surface area contributed by atoms with Crippen LogP contribution in [-0.2, 0) is 4.74 Å². The van der Waals surface area contributed by atoms with Crippen LogP contribution in [0.5, 0.6) is 0 Å². The van der Waals surface area contributed by atoms with Gasteiger partial charge in [0, 0.05) is 24.4 Å². The maximum absolute atomic E-state index is 5.86. The summed E-state index contributed by atoms with van der Waals surface area (Å²) in [4.78, 5) is 0. The third kappa shape index (κ3) is 2.51. The molecule has 0 aromatic heterocycles. The number of ether oxygens (including phenoxy) is 1. The summed E-state index contributed by atoms with van der Waals surface area (Å²) in [6, 6.07) is 1.43. The predicted molar refractivity (Wildman–Crippen MR) is 64.4 cm³/mol. The molecular weight excluding hydrogens is 206 g/mol. The Morgan fingerprint density at radius 2 is 2.07 bits per heavy atom. The zero-order chi connectivity index (χ0) is 10.1. The summed E-state index contributed by atoms with van der Waals surface area (Å²) in [5.41, 5.74) is 0. The number of nitrogens with one attached hydrogen (secondary N) is 1. The molecule has 3 rings (SSSR count). The van der Waals surface area contributed by atoms with Gasteiger partial charge in [0.2, 0.25) is 0 Å². The van der Waals surface area contributed by atoms with E-state index in [0.717, 1.165) is 18.6 Å². The van der Waals surface area contributed by atoms with Gasteiger partial charge < -0.3 is 10.1 Å². The molecular formula is C12H21NOS. The van der Waals surface area contributed by atoms with Crippen LogP contribution >= 0.6 is 11.8 Å². The van der Waals surface area contributed by atoms with E-state index in [-0.39, 0.29) is 0 Å². The van der Waals surface area contributed by atoms with E-state index in [1.807, 2.05) is 0 Å². The molecule has 2 heterocycles. The smallest absolute Gasteiger partial charge is 0.0757 e. The van der Waals surface area contributed by atoms with Crippen molar-refractivity contribution < 1.29 is 4.74 Å². The summed E-state index contributed by atoms with van der Waals surface area (Å²) in [6.07, 6.45) is 7.37. The topological polar surface area (TPSA) is 21.3 Å². The van der Waals surface area contributed by atoms with Crippen LogP contribution in [-0.4, -0.2) is 36.3 Å². The van der Waals surface area contributed by atoms with Crippen LogP contribution in [0.25, 0.3) is 0 Å². The fourth-order valence-electron chi connectivity index (χ4n) is 2.85. The fraction of sp³-hybridized carbons (Fsp3) is 1.00. The SMILES string of the molecule is C1CSCC(NC2CCOC2C2CC2)C1. The Morgan fingerprint density at radius 1 is 1.13 bits per heavy atom. The number of hydrogen-bond donors (Lipinski definition) is 1. The summed E-state index contributed by atoms with van der Waals surface area (Å²) in [5.74, 6) is 3.57. The molecule has 1 N–H and O–H groups in total. The van der Waals surface area contributed by atoms with Crippen LogP contribution in [0.3, 0.4) is 0 Å². The first-order valence-electron chi connectivity index (χ1n) is 6.39. The first-order chi connectivity index (χ1) is 7.43. The van der Waals surface area contributed by atoms with Gasteiger partial charge in [-0.25, -0.2) is 0 Å². The van der Waals surface area contributed by atoms with Crippen molar-refractivity contribution in [2.24, 2.45) is 5.92 Å². The largest absolute Gasteiger partial charge is 0.376 e. The van der Waals surface area contributed by atoms with Crippen LogP contribution in [0.15, 0.2) is 0 Å². The van der Waals surface area contributed by atoms with Crippen LogP contribution in [0.2, 0.25) is 0 Å². The highest BCUT2D eigenvalue weighted by molar-refractivity contribution is 7.99. The molecule has 2 nitrogen and oxygen atoms in total.